The van der Waals surface area contributed by atoms with Crippen molar-refractivity contribution < 1.29 is 4.42 Å². The zero-order valence-electron chi connectivity index (χ0n) is 10.4. The van der Waals surface area contributed by atoms with Crippen molar-refractivity contribution in [1.29, 1.82) is 0 Å². The first-order valence-electron chi connectivity index (χ1n) is 6.47. The maximum Gasteiger partial charge on any atom is 0.119 e. The third-order valence-corrected chi connectivity index (χ3v) is 3.50. The first kappa shape index (κ1) is 11.5. The molecular weight excluding hydrogens is 228 g/mol. The standard InChI is InChI=1S/C13H18N4O/c1-3-12(8-17-10-14-15-11-17)7-16(5-1)9-13-4-2-6-18-13/h2,4,6,10-12H,1,3,5,7-9H2. The Morgan fingerprint density at radius 3 is 3.00 bits per heavy atom. The number of nitrogens with zero attached hydrogens (tertiary/aromatic N) is 4. The molecule has 1 aliphatic heterocycles. The van der Waals surface area contributed by atoms with Gasteiger partial charge in [-0.15, -0.1) is 10.2 Å². The summed E-state index contributed by atoms with van der Waals surface area (Å²) < 4.78 is 7.48. The van der Waals surface area contributed by atoms with E-state index in [0.717, 1.165) is 25.4 Å². The molecule has 5 nitrogen and oxygen atoms in total. The molecule has 0 amide bonds. The predicted octanol–water partition coefficient (Wildman–Crippen LogP) is 1.78. The molecule has 2 aromatic heterocycles. The first-order chi connectivity index (χ1) is 8.90. The Bertz CT molecular complexity index is 409. The topological polar surface area (TPSA) is 47.1 Å². The van der Waals surface area contributed by atoms with Gasteiger partial charge in [0.2, 0.25) is 0 Å². The Morgan fingerprint density at radius 2 is 2.22 bits per heavy atom. The van der Waals surface area contributed by atoms with Gasteiger partial charge in [0.1, 0.15) is 18.4 Å². The summed E-state index contributed by atoms with van der Waals surface area (Å²) in [5.41, 5.74) is 0. The Balaban J connectivity index is 1.55. The third kappa shape index (κ3) is 2.79. The maximum atomic E-state index is 5.41. The third-order valence-electron chi connectivity index (χ3n) is 3.50. The summed E-state index contributed by atoms with van der Waals surface area (Å²) in [7, 11) is 0. The minimum atomic E-state index is 0.685. The van der Waals surface area contributed by atoms with Crippen LogP contribution in [0.25, 0.3) is 0 Å². The Hall–Kier alpha value is -1.62. The summed E-state index contributed by atoms with van der Waals surface area (Å²) in [6, 6.07) is 4.00. The van der Waals surface area contributed by atoms with Crippen LogP contribution in [0.15, 0.2) is 35.5 Å². The molecule has 0 spiro atoms. The number of furan rings is 1. The van der Waals surface area contributed by atoms with Crippen LogP contribution in [0.1, 0.15) is 18.6 Å². The summed E-state index contributed by atoms with van der Waals surface area (Å²) in [6.07, 6.45) is 7.88. The lowest BCUT2D eigenvalue weighted by Gasteiger charge is -2.32. The molecule has 1 atom stereocenters. The lowest BCUT2D eigenvalue weighted by atomic mass is 9.98. The SMILES string of the molecule is c1coc(CN2CCCC(Cn3cnnc3)C2)c1. The van der Waals surface area contributed by atoms with E-state index in [-0.39, 0.29) is 0 Å². The molecule has 1 aliphatic rings. The van der Waals surface area contributed by atoms with Gasteiger partial charge in [-0.25, -0.2) is 0 Å². The Labute approximate surface area is 106 Å². The number of piperidine rings is 1. The van der Waals surface area contributed by atoms with Crippen LogP contribution in [0.3, 0.4) is 0 Å². The normalized spacial score (nSPS) is 21.2. The van der Waals surface area contributed by atoms with E-state index in [1.165, 1.54) is 19.4 Å². The van der Waals surface area contributed by atoms with Crippen molar-refractivity contribution in [3.63, 3.8) is 0 Å². The minimum absolute atomic E-state index is 0.685. The number of likely N-dealkylation sites (tertiary alicyclic amines) is 1. The van der Waals surface area contributed by atoms with Crippen LogP contribution in [-0.4, -0.2) is 32.8 Å². The first-order valence-corrected chi connectivity index (χ1v) is 6.47. The van der Waals surface area contributed by atoms with Crippen molar-refractivity contribution in [1.82, 2.24) is 19.7 Å². The lowest BCUT2D eigenvalue weighted by Crippen LogP contribution is -2.36. The molecular formula is C13H18N4O. The summed E-state index contributed by atoms with van der Waals surface area (Å²) in [5.74, 6) is 1.74. The second-order valence-corrected chi connectivity index (χ2v) is 4.98. The minimum Gasteiger partial charge on any atom is -0.468 e. The number of rotatable bonds is 4. The highest BCUT2D eigenvalue weighted by molar-refractivity contribution is 4.98. The molecule has 3 rings (SSSR count). The van der Waals surface area contributed by atoms with Crippen molar-refractivity contribution >= 4 is 0 Å². The van der Waals surface area contributed by atoms with Gasteiger partial charge in [0, 0.05) is 13.1 Å². The molecule has 18 heavy (non-hydrogen) atoms. The summed E-state index contributed by atoms with van der Waals surface area (Å²) >= 11 is 0. The van der Waals surface area contributed by atoms with Gasteiger partial charge in [0.05, 0.1) is 12.8 Å². The molecule has 3 heterocycles. The second-order valence-electron chi connectivity index (χ2n) is 4.98. The highest BCUT2D eigenvalue weighted by Gasteiger charge is 2.20. The zero-order valence-corrected chi connectivity index (χ0v) is 10.4. The van der Waals surface area contributed by atoms with E-state index in [1.54, 1.807) is 18.9 Å². The van der Waals surface area contributed by atoms with Gasteiger partial charge in [-0.05, 0) is 37.4 Å². The molecule has 2 aromatic rings. The molecule has 0 bridgehead atoms. The van der Waals surface area contributed by atoms with Crippen molar-refractivity contribution in [3.8, 4) is 0 Å². The molecule has 1 unspecified atom stereocenters. The molecule has 0 N–H and O–H groups in total. The van der Waals surface area contributed by atoms with Crippen molar-refractivity contribution in [2.24, 2.45) is 5.92 Å². The molecule has 96 valence electrons. The monoisotopic (exact) mass is 246 g/mol. The maximum absolute atomic E-state index is 5.41. The summed E-state index contributed by atoms with van der Waals surface area (Å²) in [4.78, 5) is 2.47. The largest absolute Gasteiger partial charge is 0.468 e. The molecule has 0 aliphatic carbocycles. The molecule has 1 saturated heterocycles. The van der Waals surface area contributed by atoms with Crippen molar-refractivity contribution in [2.75, 3.05) is 13.1 Å². The fourth-order valence-electron chi connectivity index (χ4n) is 2.68. The van der Waals surface area contributed by atoms with E-state index in [1.807, 2.05) is 12.1 Å². The van der Waals surface area contributed by atoms with Crippen LogP contribution < -0.4 is 0 Å². The van der Waals surface area contributed by atoms with E-state index >= 15 is 0 Å². The van der Waals surface area contributed by atoms with E-state index in [9.17, 15) is 0 Å². The van der Waals surface area contributed by atoms with Gasteiger partial charge in [0.25, 0.3) is 0 Å². The van der Waals surface area contributed by atoms with Crippen molar-refractivity contribution in [3.05, 3.63) is 36.8 Å². The average Bonchev–Trinajstić information content (AvgIpc) is 3.03. The van der Waals surface area contributed by atoms with Crippen LogP contribution in [0, 0.1) is 5.92 Å². The highest BCUT2D eigenvalue weighted by Crippen LogP contribution is 2.20. The van der Waals surface area contributed by atoms with E-state index in [0.29, 0.717) is 5.92 Å². The van der Waals surface area contributed by atoms with Gasteiger partial charge >= 0.3 is 0 Å². The number of hydrogen-bond donors (Lipinski definition) is 0. The van der Waals surface area contributed by atoms with Gasteiger partial charge < -0.3 is 8.98 Å². The predicted molar refractivity (Wildman–Crippen MR) is 66.7 cm³/mol. The molecule has 0 saturated carbocycles. The van der Waals surface area contributed by atoms with Crippen LogP contribution in [0.4, 0.5) is 0 Å². The zero-order chi connectivity index (χ0) is 12.2. The summed E-state index contributed by atoms with van der Waals surface area (Å²) in [5, 5.41) is 7.70. The van der Waals surface area contributed by atoms with E-state index < -0.39 is 0 Å². The van der Waals surface area contributed by atoms with Crippen LogP contribution in [0.2, 0.25) is 0 Å². The number of hydrogen-bond acceptors (Lipinski definition) is 4. The molecule has 0 radical (unpaired) electrons. The van der Waals surface area contributed by atoms with Crippen molar-refractivity contribution in [2.45, 2.75) is 25.9 Å². The fraction of sp³-hybridized carbons (Fsp3) is 0.538. The van der Waals surface area contributed by atoms with Crippen LogP contribution >= 0.6 is 0 Å². The molecule has 5 heteroatoms. The van der Waals surface area contributed by atoms with Gasteiger partial charge in [-0.3, -0.25) is 4.90 Å². The number of aromatic nitrogens is 3. The molecule has 0 aromatic carbocycles. The van der Waals surface area contributed by atoms with Gasteiger partial charge in [-0.2, -0.15) is 0 Å². The van der Waals surface area contributed by atoms with Gasteiger partial charge in [-0.1, -0.05) is 0 Å². The second kappa shape index (κ2) is 5.35. The van der Waals surface area contributed by atoms with Crippen LogP contribution in [-0.2, 0) is 13.1 Å². The lowest BCUT2D eigenvalue weighted by molar-refractivity contribution is 0.146. The summed E-state index contributed by atoms with van der Waals surface area (Å²) in [6.45, 7) is 4.23. The molecule has 1 fully saturated rings. The highest BCUT2D eigenvalue weighted by atomic mass is 16.3. The van der Waals surface area contributed by atoms with Crippen LogP contribution in [0.5, 0.6) is 0 Å². The smallest absolute Gasteiger partial charge is 0.119 e. The van der Waals surface area contributed by atoms with E-state index in [4.69, 9.17) is 4.42 Å². The average molecular weight is 246 g/mol. The fourth-order valence-corrected chi connectivity index (χ4v) is 2.68. The Morgan fingerprint density at radius 1 is 1.33 bits per heavy atom. The quantitative estimate of drug-likeness (QED) is 0.825. The van der Waals surface area contributed by atoms with Gasteiger partial charge in [0.15, 0.2) is 0 Å². The Kier molecular flexibility index (Phi) is 3.41. The van der Waals surface area contributed by atoms with E-state index in [2.05, 4.69) is 19.7 Å².